The highest BCUT2D eigenvalue weighted by atomic mass is 35.5. The molecule has 1 aromatic heterocycles. The van der Waals surface area contributed by atoms with Gasteiger partial charge in [0.25, 0.3) is 5.56 Å². The Hall–Kier alpha value is -1.85. The SMILES string of the molecule is CN(CCCOCc1ccccc1)c1cnn(C)c(=O)c1Cl. The topological polar surface area (TPSA) is 47.4 Å². The number of rotatable bonds is 7. The number of aryl methyl sites for hydroxylation is 1. The van der Waals surface area contributed by atoms with Crippen molar-refractivity contribution >= 4 is 17.3 Å². The summed E-state index contributed by atoms with van der Waals surface area (Å²) in [5.41, 5.74) is 1.52. The lowest BCUT2D eigenvalue weighted by Gasteiger charge is -2.19. The fourth-order valence-electron chi connectivity index (χ4n) is 2.06. The predicted molar refractivity (Wildman–Crippen MR) is 88.5 cm³/mol. The van der Waals surface area contributed by atoms with Gasteiger partial charge in [0.1, 0.15) is 5.02 Å². The van der Waals surface area contributed by atoms with Gasteiger partial charge in [0.15, 0.2) is 0 Å². The molecule has 0 fully saturated rings. The third-order valence-electron chi connectivity index (χ3n) is 3.36. The van der Waals surface area contributed by atoms with Gasteiger partial charge in [-0.3, -0.25) is 4.79 Å². The average molecular weight is 322 g/mol. The Morgan fingerprint density at radius 2 is 2.05 bits per heavy atom. The van der Waals surface area contributed by atoms with Crippen LogP contribution in [-0.2, 0) is 18.4 Å². The molecular weight excluding hydrogens is 302 g/mol. The Labute approximate surface area is 135 Å². The Kier molecular flexibility index (Phi) is 5.98. The molecule has 0 N–H and O–H groups in total. The normalized spacial score (nSPS) is 10.7. The number of benzene rings is 1. The summed E-state index contributed by atoms with van der Waals surface area (Å²) in [6.45, 7) is 2.00. The van der Waals surface area contributed by atoms with Gasteiger partial charge in [-0.15, -0.1) is 0 Å². The second-order valence-electron chi connectivity index (χ2n) is 5.09. The zero-order chi connectivity index (χ0) is 15.9. The first-order valence-electron chi connectivity index (χ1n) is 7.14. The van der Waals surface area contributed by atoms with E-state index in [-0.39, 0.29) is 10.6 Å². The summed E-state index contributed by atoms with van der Waals surface area (Å²) in [4.78, 5) is 13.7. The molecule has 2 rings (SSSR count). The Morgan fingerprint density at radius 1 is 1.32 bits per heavy atom. The standard InChI is InChI=1S/C16H20ClN3O2/c1-19(14-11-18-20(2)16(21)15(14)17)9-6-10-22-12-13-7-4-3-5-8-13/h3-5,7-8,11H,6,9-10,12H2,1-2H3. The van der Waals surface area contributed by atoms with Crippen molar-refractivity contribution in [1.82, 2.24) is 9.78 Å². The molecule has 0 atom stereocenters. The molecule has 1 heterocycles. The predicted octanol–water partition coefficient (Wildman–Crippen LogP) is 2.48. The van der Waals surface area contributed by atoms with E-state index in [1.807, 2.05) is 42.3 Å². The van der Waals surface area contributed by atoms with Crippen molar-refractivity contribution in [3.8, 4) is 0 Å². The van der Waals surface area contributed by atoms with Gasteiger partial charge in [-0.05, 0) is 12.0 Å². The van der Waals surface area contributed by atoms with E-state index in [1.54, 1.807) is 13.2 Å². The molecule has 22 heavy (non-hydrogen) atoms. The highest BCUT2D eigenvalue weighted by Gasteiger charge is 2.11. The lowest BCUT2D eigenvalue weighted by Crippen LogP contribution is -2.26. The van der Waals surface area contributed by atoms with Crippen LogP contribution in [0.15, 0.2) is 41.3 Å². The molecule has 0 radical (unpaired) electrons. The number of hydrogen-bond donors (Lipinski definition) is 0. The molecular formula is C16H20ClN3O2. The van der Waals surface area contributed by atoms with E-state index in [0.717, 1.165) is 18.5 Å². The fourth-order valence-corrected chi connectivity index (χ4v) is 2.37. The van der Waals surface area contributed by atoms with E-state index in [9.17, 15) is 4.79 Å². The van der Waals surface area contributed by atoms with Crippen molar-refractivity contribution < 1.29 is 4.74 Å². The van der Waals surface area contributed by atoms with E-state index in [4.69, 9.17) is 16.3 Å². The largest absolute Gasteiger partial charge is 0.377 e. The van der Waals surface area contributed by atoms with E-state index in [1.165, 1.54) is 4.68 Å². The summed E-state index contributed by atoms with van der Waals surface area (Å²) in [7, 11) is 3.47. The quantitative estimate of drug-likeness (QED) is 0.735. The van der Waals surface area contributed by atoms with Crippen LogP contribution in [0.25, 0.3) is 0 Å². The van der Waals surface area contributed by atoms with Gasteiger partial charge in [-0.1, -0.05) is 41.9 Å². The molecule has 6 heteroatoms. The smallest absolute Gasteiger partial charge is 0.287 e. The first kappa shape index (κ1) is 16.5. The summed E-state index contributed by atoms with van der Waals surface area (Å²) >= 11 is 6.07. The molecule has 0 bridgehead atoms. The van der Waals surface area contributed by atoms with Crippen molar-refractivity contribution in [2.75, 3.05) is 25.1 Å². The molecule has 0 aliphatic heterocycles. The molecule has 118 valence electrons. The summed E-state index contributed by atoms with van der Waals surface area (Å²) in [5.74, 6) is 0. The fraction of sp³-hybridized carbons (Fsp3) is 0.375. The molecule has 0 spiro atoms. The Balaban J connectivity index is 1.77. The number of ether oxygens (including phenoxy) is 1. The number of halogens is 1. The van der Waals surface area contributed by atoms with Crippen molar-refractivity contribution in [2.24, 2.45) is 7.05 Å². The first-order valence-corrected chi connectivity index (χ1v) is 7.52. The van der Waals surface area contributed by atoms with Crippen molar-refractivity contribution in [2.45, 2.75) is 13.0 Å². The van der Waals surface area contributed by atoms with Crippen LogP contribution in [0.4, 0.5) is 5.69 Å². The van der Waals surface area contributed by atoms with Gasteiger partial charge >= 0.3 is 0 Å². The molecule has 1 aromatic carbocycles. The summed E-state index contributed by atoms with van der Waals surface area (Å²) < 4.78 is 6.86. The highest BCUT2D eigenvalue weighted by molar-refractivity contribution is 6.33. The zero-order valence-corrected chi connectivity index (χ0v) is 13.6. The van der Waals surface area contributed by atoms with Crippen LogP contribution in [0, 0.1) is 0 Å². The maximum absolute atomic E-state index is 11.7. The second-order valence-corrected chi connectivity index (χ2v) is 5.46. The van der Waals surface area contributed by atoms with Gasteiger partial charge in [-0.25, -0.2) is 4.68 Å². The van der Waals surface area contributed by atoms with Crippen molar-refractivity contribution in [3.63, 3.8) is 0 Å². The Bertz CT molecular complexity index is 658. The third kappa shape index (κ3) is 4.32. The highest BCUT2D eigenvalue weighted by Crippen LogP contribution is 2.19. The average Bonchev–Trinajstić information content (AvgIpc) is 2.53. The van der Waals surface area contributed by atoms with Crippen LogP contribution in [0.5, 0.6) is 0 Å². The van der Waals surface area contributed by atoms with Crippen LogP contribution in [0.3, 0.4) is 0 Å². The number of nitrogens with zero attached hydrogens (tertiary/aromatic N) is 3. The second kappa shape index (κ2) is 7.96. The third-order valence-corrected chi connectivity index (χ3v) is 3.72. The number of anilines is 1. The number of aromatic nitrogens is 2. The lowest BCUT2D eigenvalue weighted by atomic mass is 10.2. The maximum Gasteiger partial charge on any atom is 0.287 e. The lowest BCUT2D eigenvalue weighted by molar-refractivity contribution is 0.120. The number of hydrogen-bond acceptors (Lipinski definition) is 4. The molecule has 0 unspecified atom stereocenters. The summed E-state index contributed by atoms with van der Waals surface area (Å²) in [6, 6.07) is 10.1. The van der Waals surface area contributed by atoms with Crippen molar-refractivity contribution in [3.05, 3.63) is 57.5 Å². The van der Waals surface area contributed by atoms with Gasteiger partial charge < -0.3 is 9.64 Å². The van der Waals surface area contributed by atoms with Crippen LogP contribution in [0.1, 0.15) is 12.0 Å². The summed E-state index contributed by atoms with van der Waals surface area (Å²) in [5, 5.41) is 4.19. The van der Waals surface area contributed by atoms with E-state index in [2.05, 4.69) is 5.10 Å². The zero-order valence-electron chi connectivity index (χ0n) is 12.8. The molecule has 0 aliphatic carbocycles. The molecule has 0 saturated carbocycles. The van der Waals surface area contributed by atoms with E-state index >= 15 is 0 Å². The van der Waals surface area contributed by atoms with Crippen LogP contribution >= 0.6 is 11.6 Å². The first-order chi connectivity index (χ1) is 10.6. The van der Waals surface area contributed by atoms with Crippen molar-refractivity contribution in [1.29, 1.82) is 0 Å². The van der Waals surface area contributed by atoms with E-state index in [0.29, 0.717) is 18.9 Å². The molecule has 0 amide bonds. The monoisotopic (exact) mass is 321 g/mol. The van der Waals surface area contributed by atoms with E-state index < -0.39 is 0 Å². The van der Waals surface area contributed by atoms with Gasteiger partial charge in [0, 0.05) is 27.2 Å². The Morgan fingerprint density at radius 3 is 2.77 bits per heavy atom. The maximum atomic E-state index is 11.7. The molecule has 2 aromatic rings. The van der Waals surface area contributed by atoms with Crippen LogP contribution < -0.4 is 10.5 Å². The van der Waals surface area contributed by atoms with Gasteiger partial charge in [-0.2, -0.15) is 5.10 Å². The minimum atomic E-state index is -0.286. The van der Waals surface area contributed by atoms with Gasteiger partial charge in [0.05, 0.1) is 18.5 Å². The summed E-state index contributed by atoms with van der Waals surface area (Å²) in [6.07, 6.45) is 2.45. The molecule has 0 aliphatic rings. The minimum Gasteiger partial charge on any atom is -0.377 e. The molecule has 5 nitrogen and oxygen atoms in total. The molecule has 0 saturated heterocycles. The van der Waals surface area contributed by atoms with Gasteiger partial charge in [0.2, 0.25) is 0 Å². The van der Waals surface area contributed by atoms with Crippen LogP contribution in [-0.4, -0.2) is 30.0 Å². The van der Waals surface area contributed by atoms with Crippen LogP contribution in [0.2, 0.25) is 5.02 Å². The minimum absolute atomic E-state index is 0.199.